The molecule has 0 unspecified atom stereocenters. The first kappa shape index (κ1) is 11.6. The lowest BCUT2D eigenvalue weighted by Gasteiger charge is -2.05. The van der Waals surface area contributed by atoms with Crippen LogP contribution in [0.1, 0.15) is 17.3 Å². The van der Waals surface area contributed by atoms with Crippen molar-refractivity contribution in [1.29, 1.82) is 0 Å². The van der Waals surface area contributed by atoms with Crippen LogP contribution in [0.15, 0.2) is 36.4 Å². The van der Waals surface area contributed by atoms with Crippen LogP contribution in [0.4, 0.5) is 5.82 Å². The van der Waals surface area contributed by atoms with E-state index in [0.717, 1.165) is 11.3 Å². The fourth-order valence-electron chi connectivity index (χ4n) is 1.55. The molecule has 0 aliphatic carbocycles. The first-order valence-corrected chi connectivity index (χ1v) is 5.49. The van der Waals surface area contributed by atoms with Gasteiger partial charge in [0, 0.05) is 10.6 Å². The van der Waals surface area contributed by atoms with Gasteiger partial charge in [-0.2, -0.15) is 0 Å². The third kappa shape index (κ3) is 2.45. The van der Waals surface area contributed by atoms with Gasteiger partial charge >= 0.3 is 0 Å². The lowest BCUT2D eigenvalue weighted by atomic mass is 10.1. The monoisotopic (exact) mass is 246 g/mol. The summed E-state index contributed by atoms with van der Waals surface area (Å²) in [5.74, 6) is 0.169. The van der Waals surface area contributed by atoms with E-state index in [1.807, 2.05) is 12.1 Å². The number of carbonyl (C=O) groups is 1. The van der Waals surface area contributed by atoms with E-state index in [0.29, 0.717) is 10.6 Å². The normalized spacial score (nSPS) is 10.2. The summed E-state index contributed by atoms with van der Waals surface area (Å²) < 4.78 is 0. The van der Waals surface area contributed by atoms with Crippen molar-refractivity contribution in [2.45, 2.75) is 6.92 Å². The van der Waals surface area contributed by atoms with Crippen molar-refractivity contribution in [2.24, 2.45) is 0 Å². The van der Waals surface area contributed by atoms with E-state index >= 15 is 0 Å². The molecule has 2 rings (SSSR count). The maximum atomic E-state index is 11.2. The van der Waals surface area contributed by atoms with Gasteiger partial charge in [0.2, 0.25) is 0 Å². The quantitative estimate of drug-likeness (QED) is 0.828. The standard InChI is InChI=1S/C13H11ClN2O/c1-8(17)11-6-7-12(16-13(11)15)9-2-4-10(14)5-3-9/h2-7H,1H3,(H2,15,16). The van der Waals surface area contributed by atoms with Crippen LogP contribution in [0.5, 0.6) is 0 Å². The minimum Gasteiger partial charge on any atom is -0.383 e. The number of nitrogens with two attached hydrogens (primary N) is 1. The number of benzene rings is 1. The average Bonchev–Trinajstić information content (AvgIpc) is 2.29. The second kappa shape index (κ2) is 4.55. The number of nitrogen functional groups attached to an aromatic ring is 1. The number of carbonyl (C=O) groups excluding carboxylic acids is 1. The van der Waals surface area contributed by atoms with Gasteiger partial charge in [0.05, 0.1) is 11.3 Å². The number of nitrogens with zero attached hydrogens (tertiary/aromatic N) is 1. The van der Waals surface area contributed by atoms with E-state index < -0.39 is 0 Å². The molecule has 0 radical (unpaired) electrons. The smallest absolute Gasteiger partial charge is 0.163 e. The molecular formula is C13H11ClN2O. The van der Waals surface area contributed by atoms with Crippen LogP contribution in [0.25, 0.3) is 11.3 Å². The van der Waals surface area contributed by atoms with Crippen molar-refractivity contribution < 1.29 is 4.79 Å². The van der Waals surface area contributed by atoms with Crippen LogP contribution >= 0.6 is 11.6 Å². The molecule has 0 fully saturated rings. The predicted octanol–water partition coefficient (Wildman–Crippen LogP) is 3.19. The molecule has 0 spiro atoms. The van der Waals surface area contributed by atoms with Gasteiger partial charge in [-0.1, -0.05) is 23.7 Å². The molecule has 3 nitrogen and oxygen atoms in total. The number of anilines is 1. The van der Waals surface area contributed by atoms with Gasteiger partial charge in [-0.05, 0) is 31.2 Å². The van der Waals surface area contributed by atoms with Gasteiger partial charge in [0.15, 0.2) is 5.78 Å². The first-order chi connectivity index (χ1) is 8.08. The van der Waals surface area contributed by atoms with Gasteiger partial charge in [0.1, 0.15) is 5.82 Å². The Kier molecular flexibility index (Phi) is 3.11. The summed E-state index contributed by atoms with van der Waals surface area (Å²) in [7, 11) is 0. The highest BCUT2D eigenvalue weighted by atomic mass is 35.5. The molecule has 1 aromatic heterocycles. The van der Waals surface area contributed by atoms with E-state index in [9.17, 15) is 4.79 Å². The van der Waals surface area contributed by atoms with Crippen LogP contribution in [0, 0.1) is 0 Å². The molecule has 0 atom stereocenters. The molecule has 2 aromatic rings. The van der Waals surface area contributed by atoms with Gasteiger partial charge in [-0.25, -0.2) is 4.98 Å². The second-order valence-electron chi connectivity index (χ2n) is 3.69. The van der Waals surface area contributed by atoms with Gasteiger partial charge < -0.3 is 5.73 Å². The van der Waals surface area contributed by atoms with E-state index in [4.69, 9.17) is 17.3 Å². The van der Waals surface area contributed by atoms with Gasteiger partial charge in [0.25, 0.3) is 0 Å². The van der Waals surface area contributed by atoms with Crippen molar-refractivity contribution in [3.05, 3.63) is 47.0 Å². The summed E-state index contributed by atoms with van der Waals surface area (Å²) in [5.41, 5.74) is 7.82. The number of pyridine rings is 1. The minimum absolute atomic E-state index is 0.0855. The summed E-state index contributed by atoms with van der Waals surface area (Å²) in [4.78, 5) is 15.4. The molecule has 0 aliphatic heterocycles. The molecule has 1 heterocycles. The highest BCUT2D eigenvalue weighted by Crippen LogP contribution is 2.22. The highest BCUT2D eigenvalue weighted by molar-refractivity contribution is 6.30. The Morgan fingerprint density at radius 1 is 1.18 bits per heavy atom. The topological polar surface area (TPSA) is 56.0 Å². The van der Waals surface area contributed by atoms with Gasteiger partial charge in [-0.15, -0.1) is 0 Å². The molecular weight excluding hydrogens is 236 g/mol. The van der Waals surface area contributed by atoms with Crippen LogP contribution in [-0.4, -0.2) is 10.8 Å². The number of aromatic nitrogens is 1. The van der Waals surface area contributed by atoms with E-state index in [2.05, 4.69) is 4.98 Å². The number of hydrogen-bond donors (Lipinski definition) is 1. The molecule has 1 aromatic carbocycles. The number of Topliss-reactive ketones (excluding diaryl/α,β-unsaturated/α-hetero) is 1. The van der Waals surface area contributed by atoms with Crippen LogP contribution in [0.3, 0.4) is 0 Å². The summed E-state index contributed by atoms with van der Waals surface area (Å²) in [6.07, 6.45) is 0. The van der Waals surface area contributed by atoms with Crippen LogP contribution < -0.4 is 5.73 Å². The minimum atomic E-state index is -0.0855. The molecule has 86 valence electrons. The fraction of sp³-hybridized carbons (Fsp3) is 0.0769. The fourth-order valence-corrected chi connectivity index (χ4v) is 1.68. The van der Waals surface area contributed by atoms with Crippen molar-refractivity contribution in [2.75, 3.05) is 5.73 Å². The Balaban J connectivity index is 2.44. The molecule has 0 amide bonds. The Morgan fingerprint density at radius 2 is 1.82 bits per heavy atom. The van der Waals surface area contributed by atoms with Crippen molar-refractivity contribution in [1.82, 2.24) is 4.98 Å². The molecule has 0 saturated carbocycles. The molecule has 0 saturated heterocycles. The largest absolute Gasteiger partial charge is 0.383 e. The summed E-state index contributed by atoms with van der Waals surface area (Å²) in [6, 6.07) is 10.8. The highest BCUT2D eigenvalue weighted by Gasteiger charge is 2.07. The van der Waals surface area contributed by atoms with Gasteiger partial charge in [-0.3, -0.25) is 4.79 Å². The molecule has 0 bridgehead atoms. The number of halogens is 1. The Morgan fingerprint density at radius 3 is 2.35 bits per heavy atom. The maximum absolute atomic E-state index is 11.2. The van der Waals surface area contributed by atoms with Crippen LogP contribution in [-0.2, 0) is 0 Å². The van der Waals surface area contributed by atoms with Crippen molar-refractivity contribution >= 4 is 23.2 Å². The molecule has 2 N–H and O–H groups in total. The van der Waals surface area contributed by atoms with Crippen molar-refractivity contribution in [3.8, 4) is 11.3 Å². The zero-order valence-electron chi connectivity index (χ0n) is 9.27. The first-order valence-electron chi connectivity index (χ1n) is 5.11. The zero-order valence-corrected chi connectivity index (χ0v) is 10.0. The van der Waals surface area contributed by atoms with E-state index in [1.165, 1.54) is 6.92 Å². The Bertz CT molecular complexity index is 564. The third-order valence-electron chi connectivity index (χ3n) is 2.44. The van der Waals surface area contributed by atoms with Crippen molar-refractivity contribution in [3.63, 3.8) is 0 Å². The maximum Gasteiger partial charge on any atom is 0.163 e. The number of rotatable bonds is 2. The average molecular weight is 247 g/mol. The SMILES string of the molecule is CC(=O)c1ccc(-c2ccc(Cl)cc2)nc1N. The lowest BCUT2D eigenvalue weighted by Crippen LogP contribution is -2.02. The number of ketones is 1. The van der Waals surface area contributed by atoms with Crippen LogP contribution in [0.2, 0.25) is 5.02 Å². The predicted molar refractivity (Wildman–Crippen MR) is 69.1 cm³/mol. The Hall–Kier alpha value is -1.87. The molecule has 17 heavy (non-hydrogen) atoms. The molecule has 4 heteroatoms. The third-order valence-corrected chi connectivity index (χ3v) is 2.70. The zero-order chi connectivity index (χ0) is 12.4. The summed E-state index contributed by atoms with van der Waals surface area (Å²) in [5, 5.41) is 0.669. The number of hydrogen-bond acceptors (Lipinski definition) is 3. The summed E-state index contributed by atoms with van der Waals surface area (Å²) in [6.45, 7) is 1.47. The van der Waals surface area contributed by atoms with E-state index in [1.54, 1.807) is 24.3 Å². The second-order valence-corrected chi connectivity index (χ2v) is 4.13. The Labute approximate surface area is 104 Å². The van der Waals surface area contributed by atoms with E-state index in [-0.39, 0.29) is 11.6 Å². The lowest BCUT2D eigenvalue weighted by molar-refractivity contribution is 0.101. The molecule has 0 aliphatic rings. The summed E-state index contributed by atoms with van der Waals surface area (Å²) >= 11 is 5.81.